The number of nitrogens with zero attached hydrogens (tertiary/aromatic N) is 2. The summed E-state index contributed by atoms with van der Waals surface area (Å²) < 4.78 is 0. The fourth-order valence-corrected chi connectivity index (χ4v) is 4.41. The lowest BCUT2D eigenvalue weighted by Gasteiger charge is -2.37. The standard InChI is InChI=1S/C14H23N3S/c1-2-15-9-12-10-16-14(18-12)17-8-4-6-11-5-3-7-13(11)17/h10-11,13,15H,2-9H2,1H3. The Balaban J connectivity index is 1.71. The summed E-state index contributed by atoms with van der Waals surface area (Å²) in [5.41, 5.74) is 0. The summed E-state index contributed by atoms with van der Waals surface area (Å²) in [4.78, 5) is 8.62. The molecule has 0 spiro atoms. The number of aromatic nitrogens is 1. The normalized spacial score (nSPS) is 27.5. The van der Waals surface area contributed by atoms with Crippen LogP contribution in [0.3, 0.4) is 0 Å². The second-order valence-electron chi connectivity index (χ2n) is 5.48. The predicted molar refractivity (Wildman–Crippen MR) is 77.2 cm³/mol. The van der Waals surface area contributed by atoms with Gasteiger partial charge in [-0.1, -0.05) is 13.3 Å². The Morgan fingerprint density at radius 1 is 1.39 bits per heavy atom. The van der Waals surface area contributed by atoms with Gasteiger partial charge in [0.2, 0.25) is 0 Å². The van der Waals surface area contributed by atoms with E-state index in [0.29, 0.717) is 0 Å². The van der Waals surface area contributed by atoms with Crippen LogP contribution >= 0.6 is 11.3 Å². The molecule has 2 unspecified atom stereocenters. The van der Waals surface area contributed by atoms with Gasteiger partial charge in [0.1, 0.15) is 0 Å². The maximum absolute atomic E-state index is 4.66. The van der Waals surface area contributed by atoms with E-state index in [1.807, 2.05) is 11.3 Å². The number of anilines is 1. The Morgan fingerprint density at radius 3 is 3.17 bits per heavy atom. The van der Waals surface area contributed by atoms with Gasteiger partial charge in [-0.2, -0.15) is 0 Å². The molecule has 3 rings (SSSR count). The molecule has 1 saturated heterocycles. The Kier molecular flexibility index (Phi) is 3.85. The highest BCUT2D eigenvalue weighted by Crippen LogP contribution is 2.40. The third kappa shape index (κ3) is 2.41. The number of fused-ring (bicyclic) bond motifs is 1. The van der Waals surface area contributed by atoms with E-state index in [2.05, 4.69) is 28.3 Å². The number of thiazole rings is 1. The zero-order chi connectivity index (χ0) is 12.4. The first-order chi connectivity index (χ1) is 8.88. The quantitative estimate of drug-likeness (QED) is 0.907. The van der Waals surface area contributed by atoms with E-state index in [-0.39, 0.29) is 0 Å². The maximum atomic E-state index is 4.66. The van der Waals surface area contributed by atoms with Gasteiger partial charge >= 0.3 is 0 Å². The minimum atomic E-state index is 0.789. The molecule has 1 aromatic heterocycles. The smallest absolute Gasteiger partial charge is 0.185 e. The fourth-order valence-electron chi connectivity index (χ4n) is 3.45. The van der Waals surface area contributed by atoms with E-state index in [1.165, 1.54) is 48.7 Å². The lowest BCUT2D eigenvalue weighted by atomic mass is 9.92. The van der Waals surface area contributed by atoms with Crippen molar-refractivity contribution >= 4 is 16.5 Å². The van der Waals surface area contributed by atoms with Crippen LogP contribution in [0.25, 0.3) is 0 Å². The highest BCUT2D eigenvalue weighted by Gasteiger charge is 2.36. The van der Waals surface area contributed by atoms with Gasteiger partial charge in [-0.3, -0.25) is 0 Å². The molecule has 2 heterocycles. The van der Waals surface area contributed by atoms with Gasteiger partial charge in [-0.15, -0.1) is 11.3 Å². The molecule has 1 N–H and O–H groups in total. The molecule has 0 aromatic carbocycles. The van der Waals surface area contributed by atoms with Crippen LogP contribution in [-0.2, 0) is 6.54 Å². The lowest BCUT2D eigenvalue weighted by molar-refractivity contribution is 0.362. The van der Waals surface area contributed by atoms with Crippen molar-refractivity contribution in [2.75, 3.05) is 18.0 Å². The van der Waals surface area contributed by atoms with E-state index >= 15 is 0 Å². The molecule has 2 aliphatic rings. The van der Waals surface area contributed by atoms with Crippen LogP contribution in [0.1, 0.15) is 43.9 Å². The topological polar surface area (TPSA) is 28.2 Å². The van der Waals surface area contributed by atoms with Crippen LogP contribution in [0, 0.1) is 5.92 Å². The van der Waals surface area contributed by atoms with E-state index in [4.69, 9.17) is 0 Å². The number of rotatable bonds is 4. The van der Waals surface area contributed by atoms with Crippen molar-refractivity contribution in [3.63, 3.8) is 0 Å². The summed E-state index contributed by atoms with van der Waals surface area (Å²) in [5, 5.41) is 4.64. The zero-order valence-electron chi connectivity index (χ0n) is 11.2. The van der Waals surface area contributed by atoms with Gasteiger partial charge in [-0.25, -0.2) is 4.98 Å². The van der Waals surface area contributed by atoms with E-state index in [9.17, 15) is 0 Å². The zero-order valence-corrected chi connectivity index (χ0v) is 12.0. The van der Waals surface area contributed by atoms with Crippen molar-refractivity contribution in [3.05, 3.63) is 11.1 Å². The van der Waals surface area contributed by atoms with E-state index in [1.54, 1.807) is 0 Å². The molecule has 1 aliphatic carbocycles. The first kappa shape index (κ1) is 12.4. The van der Waals surface area contributed by atoms with Gasteiger partial charge in [0.25, 0.3) is 0 Å². The van der Waals surface area contributed by atoms with Crippen molar-refractivity contribution in [1.82, 2.24) is 10.3 Å². The van der Waals surface area contributed by atoms with Crippen LogP contribution in [0.15, 0.2) is 6.20 Å². The van der Waals surface area contributed by atoms with Crippen LogP contribution in [0.4, 0.5) is 5.13 Å². The van der Waals surface area contributed by atoms with Gasteiger partial charge in [0.05, 0.1) is 0 Å². The molecule has 3 nitrogen and oxygen atoms in total. The molecular formula is C14H23N3S. The monoisotopic (exact) mass is 265 g/mol. The van der Waals surface area contributed by atoms with Gasteiger partial charge in [-0.05, 0) is 38.1 Å². The molecule has 0 radical (unpaired) electrons. The van der Waals surface area contributed by atoms with E-state index < -0.39 is 0 Å². The Bertz CT molecular complexity index is 390. The third-order valence-corrected chi connectivity index (χ3v) is 5.36. The molecule has 1 aliphatic heterocycles. The van der Waals surface area contributed by atoms with Crippen LogP contribution in [0.2, 0.25) is 0 Å². The Labute approximate surface area is 114 Å². The van der Waals surface area contributed by atoms with Gasteiger partial charge < -0.3 is 10.2 Å². The molecule has 1 aromatic rings. The SMILES string of the molecule is CCNCc1cnc(N2CCCC3CCCC32)s1. The van der Waals surface area contributed by atoms with Crippen molar-refractivity contribution in [3.8, 4) is 0 Å². The maximum Gasteiger partial charge on any atom is 0.185 e. The van der Waals surface area contributed by atoms with Crippen molar-refractivity contribution in [2.24, 2.45) is 5.92 Å². The third-order valence-electron chi connectivity index (χ3n) is 4.33. The number of piperidine rings is 1. The summed E-state index contributed by atoms with van der Waals surface area (Å²) in [7, 11) is 0. The summed E-state index contributed by atoms with van der Waals surface area (Å²) in [6.07, 6.45) is 9.09. The van der Waals surface area contributed by atoms with E-state index in [0.717, 1.165) is 25.0 Å². The van der Waals surface area contributed by atoms with Crippen LogP contribution < -0.4 is 10.2 Å². The van der Waals surface area contributed by atoms with Crippen molar-refractivity contribution in [2.45, 2.75) is 51.6 Å². The lowest BCUT2D eigenvalue weighted by Crippen LogP contribution is -2.42. The summed E-state index contributed by atoms with van der Waals surface area (Å²) in [5.74, 6) is 0.944. The minimum absolute atomic E-state index is 0.789. The molecular weight excluding hydrogens is 242 g/mol. The molecule has 2 fully saturated rings. The van der Waals surface area contributed by atoms with Crippen LogP contribution in [-0.4, -0.2) is 24.1 Å². The minimum Gasteiger partial charge on any atom is -0.345 e. The summed E-state index contributed by atoms with van der Waals surface area (Å²) in [6, 6.07) is 0.789. The predicted octanol–water partition coefficient (Wildman–Crippen LogP) is 3.02. The second-order valence-corrected chi connectivity index (χ2v) is 6.58. The highest BCUT2D eigenvalue weighted by atomic mass is 32.1. The summed E-state index contributed by atoms with van der Waals surface area (Å²) in [6.45, 7) is 5.36. The first-order valence-corrected chi connectivity index (χ1v) is 8.12. The number of nitrogens with one attached hydrogen (secondary N) is 1. The molecule has 18 heavy (non-hydrogen) atoms. The first-order valence-electron chi connectivity index (χ1n) is 7.30. The van der Waals surface area contributed by atoms with Gasteiger partial charge in [0.15, 0.2) is 5.13 Å². The molecule has 2 atom stereocenters. The average molecular weight is 265 g/mol. The average Bonchev–Trinajstić information content (AvgIpc) is 3.04. The van der Waals surface area contributed by atoms with Crippen molar-refractivity contribution in [1.29, 1.82) is 0 Å². The van der Waals surface area contributed by atoms with Crippen molar-refractivity contribution < 1.29 is 0 Å². The second kappa shape index (κ2) is 5.57. The Morgan fingerprint density at radius 2 is 2.28 bits per heavy atom. The highest BCUT2D eigenvalue weighted by molar-refractivity contribution is 7.15. The molecule has 0 bridgehead atoms. The fraction of sp³-hybridized carbons (Fsp3) is 0.786. The van der Waals surface area contributed by atoms with Crippen LogP contribution in [0.5, 0.6) is 0 Å². The molecule has 0 amide bonds. The number of hydrogen-bond donors (Lipinski definition) is 1. The molecule has 1 saturated carbocycles. The molecule has 100 valence electrons. The summed E-state index contributed by atoms with van der Waals surface area (Å²) >= 11 is 1.88. The number of hydrogen-bond acceptors (Lipinski definition) is 4. The largest absolute Gasteiger partial charge is 0.345 e. The Hall–Kier alpha value is -0.610. The molecule has 4 heteroatoms. The van der Waals surface area contributed by atoms with Gasteiger partial charge in [0, 0.05) is 30.2 Å².